The molecule has 1 rings (SSSR count). The van der Waals surface area contributed by atoms with Crippen molar-refractivity contribution in [1.82, 2.24) is 5.32 Å². The van der Waals surface area contributed by atoms with Gasteiger partial charge >= 0.3 is 21.8 Å². The second-order valence-electron chi connectivity index (χ2n) is 3.41. The van der Waals surface area contributed by atoms with Crippen LogP contribution in [0.3, 0.4) is 0 Å². The minimum absolute atomic E-state index is 0.125. The quantitative estimate of drug-likeness (QED) is 0.266. The van der Waals surface area contributed by atoms with Gasteiger partial charge in [-0.1, -0.05) is 18.3 Å². The standard InChI is InChI=1S/C15H16N2O.O.Zn/c1-2-3-4-7-10-16-11-12-17-13-14-8-5-6-9-15(14)18;;/h1-6,8-10,13,16,18H,11-12H2;;/q-2;;/b4-3-,17-13?;;. The zero-order valence-corrected chi connectivity index (χ0v) is 14.2. The third-order valence-electron chi connectivity index (χ3n) is 2.04. The predicted molar refractivity (Wildman–Crippen MR) is 75.1 cm³/mol. The van der Waals surface area contributed by atoms with Crippen LogP contribution in [0, 0.1) is 12.7 Å². The molecule has 0 fully saturated rings. The van der Waals surface area contributed by atoms with E-state index in [9.17, 15) is 5.11 Å². The second-order valence-corrected chi connectivity index (χ2v) is 3.41. The Kier molecular flexibility index (Phi) is 12.3. The molecule has 0 unspecified atom stereocenters. The van der Waals surface area contributed by atoms with E-state index >= 15 is 0 Å². The fraction of sp³-hybridized carbons (Fsp3) is 0.133. The number of aromatic hydroxyl groups is 1. The van der Waals surface area contributed by atoms with E-state index in [0.29, 0.717) is 13.1 Å². The SMILES string of the molecule is [CH-]=C/C=C\[C-]=CNCCN=Cc1ccccc1O.[O]=[Zn]. The third-order valence-corrected chi connectivity index (χ3v) is 2.04. The zero-order valence-electron chi connectivity index (χ0n) is 11.2. The number of rotatable bonds is 7. The van der Waals surface area contributed by atoms with Crippen LogP contribution in [0.15, 0.2) is 53.7 Å². The van der Waals surface area contributed by atoms with Crippen molar-refractivity contribution in [2.45, 2.75) is 0 Å². The Morgan fingerprint density at radius 3 is 2.85 bits per heavy atom. The molecule has 0 aliphatic carbocycles. The molecule has 102 valence electrons. The van der Waals surface area contributed by atoms with Crippen molar-refractivity contribution in [1.29, 1.82) is 0 Å². The van der Waals surface area contributed by atoms with Gasteiger partial charge in [0.2, 0.25) is 0 Å². The summed E-state index contributed by atoms with van der Waals surface area (Å²) in [5.41, 5.74) is 0.723. The Morgan fingerprint density at radius 1 is 1.40 bits per heavy atom. The Hall–Kier alpha value is -1.87. The Balaban J connectivity index is 0.00000172. The van der Waals surface area contributed by atoms with Gasteiger partial charge in [0, 0.05) is 18.3 Å². The van der Waals surface area contributed by atoms with E-state index in [0.717, 1.165) is 5.56 Å². The van der Waals surface area contributed by atoms with Gasteiger partial charge in [-0.05, 0) is 12.1 Å². The van der Waals surface area contributed by atoms with Gasteiger partial charge in [0.1, 0.15) is 5.75 Å². The summed E-state index contributed by atoms with van der Waals surface area (Å²) in [6.07, 6.45) is 11.1. The van der Waals surface area contributed by atoms with E-state index in [1.165, 1.54) is 6.08 Å². The maximum absolute atomic E-state index is 9.49. The fourth-order valence-electron chi connectivity index (χ4n) is 1.18. The van der Waals surface area contributed by atoms with Crippen molar-refractivity contribution in [3.8, 4) is 5.75 Å². The number of phenols is 1. The van der Waals surface area contributed by atoms with E-state index in [4.69, 9.17) is 10.2 Å². The summed E-state index contributed by atoms with van der Waals surface area (Å²) in [5, 5.41) is 12.5. The number of nitrogens with one attached hydrogen (secondary N) is 1. The number of aliphatic imine (C=N–C) groups is 1. The first-order valence-corrected chi connectivity index (χ1v) is 7.13. The normalized spacial score (nSPS) is 10.7. The molecule has 0 saturated heterocycles. The van der Waals surface area contributed by atoms with E-state index in [1.54, 1.807) is 36.7 Å². The van der Waals surface area contributed by atoms with Crippen LogP contribution in [-0.2, 0) is 21.8 Å². The van der Waals surface area contributed by atoms with Crippen molar-refractivity contribution < 1.29 is 26.9 Å². The number of nitrogens with zero attached hydrogens (tertiary/aromatic N) is 1. The molecule has 0 aliphatic heterocycles. The number of allylic oxidation sites excluding steroid dienone is 4. The Bertz CT molecular complexity index is 471. The Labute approximate surface area is 129 Å². The molecule has 0 bridgehead atoms. The van der Waals surface area contributed by atoms with Gasteiger partial charge < -0.3 is 10.4 Å². The van der Waals surface area contributed by atoms with Crippen molar-refractivity contribution in [3.05, 3.63) is 66.9 Å². The molecule has 1 aromatic rings. The average molecular weight is 322 g/mol. The van der Waals surface area contributed by atoms with Crippen molar-refractivity contribution >= 4 is 6.21 Å². The summed E-state index contributed by atoms with van der Waals surface area (Å²) in [6.45, 7) is 6.48. The molecule has 0 atom stereocenters. The van der Waals surface area contributed by atoms with Crippen LogP contribution < -0.4 is 5.32 Å². The van der Waals surface area contributed by atoms with Crippen LogP contribution in [0.4, 0.5) is 0 Å². The van der Waals surface area contributed by atoms with Crippen molar-refractivity contribution in [3.63, 3.8) is 0 Å². The van der Waals surface area contributed by atoms with Gasteiger partial charge in [0.15, 0.2) is 0 Å². The number of phenolic OH excluding ortho intramolecular Hbond substituents is 1. The molecule has 0 aliphatic rings. The van der Waals surface area contributed by atoms with E-state index in [2.05, 4.69) is 16.4 Å². The summed E-state index contributed by atoms with van der Waals surface area (Å²) in [5.74, 6) is 0.241. The molecule has 20 heavy (non-hydrogen) atoms. The van der Waals surface area contributed by atoms with Crippen LogP contribution in [0.25, 0.3) is 0 Å². The number of para-hydroxylation sites is 1. The first-order chi connectivity index (χ1) is 9.84. The van der Waals surface area contributed by atoms with E-state index in [-0.39, 0.29) is 24.0 Å². The first kappa shape index (κ1) is 18.1. The first-order valence-electron chi connectivity index (χ1n) is 5.92. The summed E-state index contributed by atoms with van der Waals surface area (Å²) in [6, 6.07) is 7.09. The number of hydrogen-bond acceptors (Lipinski definition) is 4. The minimum atomic E-state index is 0.125. The van der Waals surface area contributed by atoms with Gasteiger partial charge in [-0.15, -0.1) is 0 Å². The van der Waals surface area contributed by atoms with Gasteiger partial charge in [0.05, 0.1) is 6.54 Å². The van der Waals surface area contributed by atoms with E-state index in [1.807, 2.05) is 12.1 Å². The molecule has 0 radical (unpaired) electrons. The van der Waals surface area contributed by atoms with Crippen molar-refractivity contribution in [2.75, 3.05) is 13.1 Å². The number of benzene rings is 1. The summed E-state index contributed by atoms with van der Waals surface area (Å²) < 4.78 is 8.38. The molecule has 0 spiro atoms. The Morgan fingerprint density at radius 2 is 2.15 bits per heavy atom. The molecule has 0 amide bonds. The molecule has 2 N–H and O–H groups in total. The molecule has 0 heterocycles. The zero-order chi connectivity index (χ0) is 15.1. The van der Waals surface area contributed by atoms with E-state index < -0.39 is 0 Å². The van der Waals surface area contributed by atoms with Gasteiger partial charge in [0.25, 0.3) is 0 Å². The molecule has 5 heteroatoms. The molecular weight excluding hydrogens is 306 g/mol. The maximum atomic E-state index is 9.49. The van der Waals surface area contributed by atoms with Gasteiger partial charge in [-0.3, -0.25) is 11.6 Å². The molecule has 4 nitrogen and oxygen atoms in total. The topological polar surface area (TPSA) is 61.7 Å². The average Bonchev–Trinajstić information content (AvgIpc) is 2.49. The fourth-order valence-corrected chi connectivity index (χ4v) is 1.18. The molecular formula is C15H16N2O2Zn-2. The second kappa shape index (κ2) is 13.6. The third kappa shape index (κ3) is 9.12. The molecule has 0 saturated carbocycles. The molecule has 1 aromatic carbocycles. The van der Waals surface area contributed by atoms with Crippen LogP contribution >= 0.6 is 0 Å². The number of hydrogen-bond donors (Lipinski definition) is 2. The predicted octanol–water partition coefficient (Wildman–Crippen LogP) is 2.14. The summed E-state index contributed by atoms with van der Waals surface area (Å²) in [7, 11) is 0. The van der Waals surface area contributed by atoms with Gasteiger partial charge in [-0.25, -0.2) is 24.3 Å². The van der Waals surface area contributed by atoms with Crippen molar-refractivity contribution in [2.24, 2.45) is 4.99 Å². The van der Waals surface area contributed by atoms with Crippen LogP contribution in [0.1, 0.15) is 5.56 Å². The summed E-state index contributed by atoms with van der Waals surface area (Å²) >= 11 is 0.125. The molecule has 0 aromatic heterocycles. The van der Waals surface area contributed by atoms with Crippen LogP contribution in [-0.4, -0.2) is 24.4 Å². The van der Waals surface area contributed by atoms with Crippen LogP contribution in [0.2, 0.25) is 0 Å². The monoisotopic (exact) mass is 320 g/mol. The summed E-state index contributed by atoms with van der Waals surface area (Å²) in [4.78, 5) is 4.20. The van der Waals surface area contributed by atoms with Crippen LogP contribution in [0.5, 0.6) is 5.75 Å². The van der Waals surface area contributed by atoms with Gasteiger partial charge in [-0.2, -0.15) is 0 Å².